The van der Waals surface area contributed by atoms with Crippen LogP contribution in [0.1, 0.15) is 11.1 Å². The Morgan fingerprint density at radius 2 is 1.94 bits per heavy atom. The summed E-state index contributed by atoms with van der Waals surface area (Å²) < 4.78 is 0. The highest BCUT2D eigenvalue weighted by Gasteiger charge is 2.02. The van der Waals surface area contributed by atoms with Crippen molar-refractivity contribution in [2.45, 2.75) is 6.42 Å². The molecule has 0 N–H and O–H groups in total. The van der Waals surface area contributed by atoms with Crippen molar-refractivity contribution in [2.24, 2.45) is 0 Å². The lowest BCUT2D eigenvalue weighted by Gasteiger charge is -2.17. The molecule has 1 heterocycles. The Kier molecular flexibility index (Phi) is 3.93. The Morgan fingerprint density at radius 1 is 1.17 bits per heavy atom. The zero-order chi connectivity index (χ0) is 12.8. The number of nitrogens with zero attached hydrogens (tertiary/aromatic N) is 3. The first kappa shape index (κ1) is 12.1. The minimum Gasteiger partial charge on any atom is -0.359 e. The van der Waals surface area contributed by atoms with Gasteiger partial charge in [0.15, 0.2) is 0 Å². The fourth-order valence-corrected chi connectivity index (χ4v) is 1.73. The number of benzene rings is 1. The van der Waals surface area contributed by atoms with Gasteiger partial charge in [0, 0.05) is 19.8 Å². The molecule has 2 aromatic rings. The molecule has 0 spiro atoms. The Bertz CT molecular complexity index is 526. The number of rotatable bonds is 4. The molecule has 1 aromatic carbocycles. The zero-order valence-electron chi connectivity index (χ0n) is 10.4. The maximum Gasteiger partial charge on any atom is 0.128 e. The van der Waals surface area contributed by atoms with Crippen LogP contribution in [0, 0.1) is 11.3 Å². The maximum atomic E-state index is 8.72. The van der Waals surface area contributed by atoms with E-state index in [4.69, 9.17) is 5.26 Å². The summed E-state index contributed by atoms with van der Waals surface area (Å²) in [7, 11) is 2.01. The Balaban J connectivity index is 1.95. The number of hydrogen-bond acceptors (Lipinski definition) is 3. The van der Waals surface area contributed by atoms with Gasteiger partial charge in [-0.3, -0.25) is 0 Å². The highest BCUT2D eigenvalue weighted by molar-refractivity contribution is 5.41. The summed E-state index contributed by atoms with van der Waals surface area (Å²) in [5.74, 6) is 0.893. The SMILES string of the molecule is CN(CCc1ccccc1)c1ccc(C#N)cn1. The molecule has 0 aliphatic heterocycles. The topological polar surface area (TPSA) is 39.9 Å². The fourth-order valence-electron chi connectivity index (χ4n) is 1.73. The van der Waals surface area contributed by atoms with Crippen LogP contribution in [0.3, 0.4) is 0 Å². The molecule has 0 fully saturated rings. The van der Waals surface area contributed by atoms with E-state index in [0.717, 1.165) is 18.8 Å². The predicted molar refractivity (Wildman–Crippen MR) is 72.4 cm³/mol. The van der Waals surface area contributed by atoms with Crippen LogP contribution in [0.2, 0.25) is 0 Å². The third kappa shape index (κ3) is 3.08. The van der Waals surface area contributed by atoms with Crippen LogP contribution in [0.4, 0.5) is 5.82 Å². The third-order valence-electron chi connectivity index (χ3n) is 2.85. The number of pyridine rings is 1. The minimum absolute atomic E-state index is 0.593. The van der Waals surface area contributed by atoms with Crippen LogP contribution >= 0.6 is 0 Å². The molecule has 0 unspecified atom stereocenters. The van der Waals surface area contributed by atoms with E-state index < -0.39 is 0 Å². The van der Waals surface area contributed by atoms with E-state index in [1.807, 2.05) is 19.2 Å². The van der Waals surface area contributed by atoms with Gasteiger partial charge in [-0.2, -0.15) is 5.26 Å². The Hall–Kier alpha value is -2.34. The van der Waals surface area contributed by atoms with Gasteiger partial charge < -0.3 is 4.90 Å². The molecule has 0 saturated carbocycles. The lowest BCUT2D eigenvalue weighted by atomic mass is 10.1. The first-order chi connectivity index (χ1) is 8.79. The quantitative estimate of drug-likeness (QED) is 0.820. The molecule has 3 nitrogen and oxygen atoms in total. The van der Waals surface area contributed by atoms with Gasteiger partial charge in [0.25, 0.3) is 0 Å². The Labute approximate surface area is 107 Å². The van der Waals surface area contributed by atoms with Gasteiger partial charge in [-0.05, 0) is 24.1 Å². The molecule has 2 rings (SSSR count). The van der Waals surface area contributed by atoms with Crippen LogP contribution < -0.4 is 4.90 Å². The summed E-state index contributed by atoms with van der Waals surface area (Å²) in [6, 6.07) is 16.1. The molecule has 0 aliphatic rings. The average Bonchev–Trinajstić information content (AvgIpc) is 2.46. The van der Waals surface area contributed by atoms with Crippen LogP contribution in [0.5, 0.6) is 0 Å². The number of aromatic nitrogens is 1. The second-order valence-electron chi connectivity index (χ2n) is 4.17. The molecule has 1 aromatic heterocycles. The molecule has 0 bridgehead atoms. The summed E-state index contributed by atoms with van der Waals surface area (Å²) in [6.07, 6.45) is 2.59. The minimum atomic E-state index is 0.593. The van der Waals surface area contributed by atoms with Crippen molar-refractivity contribution in [1.29, 1.82) is 5.26 Å². The van der Waals surface area contributed by atoms with E-state index in [2.05, 4.69) is 40.2 Å². The van der Waals surface area contributed by atoms with Crippen molar-refractivity contribution in [2.75, 3.05) is 18.5 Å². The van der Waals surface area contributed by atoms with Gasteiger partial charge in [0.2, 0.25) is 0 Å². The largest absolute Gasteiger partial charge is 0.359 e. The van der Waals surface area contributed by atoms with E-state index in [0.29, 0.717) is 5.56 Å². The number of nitriles is 1. The molecule has 0 atom stereocenters. The first-order valence-electron chi connectivity index (χ1n) is 5.91. The van der Waals surface area contributed by atoms with Crippen LogP contribution in [-0.2, 0) is 6.42 Å². The molecule has 0 amide bonds. The second kappa shape index (κ2) is 5.83. The zero-order valence-corrected chi connectivity index (χ0v) is 10.4. The van der Waals surface area contributed by atoms with Gasteiger partial charge >= 0.3 is 0 Å². The lowest BCUT2D eigenvalue weighted by Crippen LogP contribution is -2.21. The highest BCUT2D eigenvalue weighted by Crippen LogP contribution is 2.10. The molecular formula is C15H15N3. The second-order valence-corrected chi connectivity index (χ2v) is 4.17. The molecule has 0 saturated heterocycles. The predicted octanol–water partition coefficient (Wildman–Crippen LogP) is 2.63. The number of hydrogen-bond donors (Lipinski definition) is 0. The van der Waals surface area contributed by atoms with E-state index in [1.165, 1.54) is 5.56 Å². The van der Waals surface area contributed by atoms with Crippen molar-refractivity contribution in [3.8, 4) is 6.07 Å². The first-order valence-corrected chi connectivity index (χ1v) is 5.91. The van der Waals surface area contributed by atoms with Gasteiger partial charge in [0.1, 0.15) is 11.9 Å². The van der Waals surface area contributed by atoms with Gasteiger partial charge in [0.05, 0.1) is 5.56 Å². The van der Waals surface area contributed by atoms with Crippen LogP contribution in [0.25, 0.3) is 0 Å². The molecule has 0 radical (unpaired) electrons. The van der Waals surface area contributed by atoms with Gasteiger partial charge in [-0.1, -0.05) is 30.3 Å². The summed E-state index contributed by atoms with van der Waals surface area (Å²) >= 11 is 0. The maximum absolute atomic E-state index is 8.72. The molecular weight excluding hydrogens is 222 g/mol. The van der Waals surface area contributed by atoms with Crippen molar-refractivity contribution in [1.82, 2.24) is 4.98 Å². The molecule has 3 heteroatoms. The number of anilines is 1. The highest BCUT2D eigenvalue weighted by atomic mass is 15.2. The molecule has 0 aliphatic carbocycles. The normalized spacial score (nSPS) is 9.78. The van der Waals surface area contributed by atoms with E-state index in [1.54, 1.807) is 12.3 Å². The van der Waals surface area contributed by atoms with E-state index in [9.17, 15) is 0 Å². The van der Waals surface area contributed by atoms with Crippen molar-refractivity contribution in [3.63, 3.8) is 0 Å². The van der Waals surface area contributed by atoms with Crippen molar-refractivity contribution < 1.29 is 0 Å². The summed E-state index contributed by atoms with van der Waals surface area (Å²) in [5.41, 5.74) is 1.91. The van der Waals surface area contributed by atoms with E-state index >= 15 is 0 Å². The third-order valence-corrected chi connectivity index (χ3v) is 2.85. The summed E-state index contributed by atoms with van der Waals surface area (Å²) in [6.45, 7) is 0.906. The summed E-state index contributed by atoms with van der Waals surface area (Å²) in [5, 5.41) is 8.72. The van der Waals surface area contributed by atoms with Crippen molar-refractivity contribution >= 4 is 5.82 Å². The average molecular weight is 237 g/mol. The molecule has 90 valence electrons. The van der Waals surface area contributed by atoms with Gasteiger partial charge in [-0.15, -0.1) is 0 Å². The smallest absolute Gasteiger partial charge is 0.128 e. The van der Waals surface area contributed by atoms with Crippen LogP contribution in [-0.4, -0.2) is 18.6 Å². The fraction of sp³-hybridized carbons (Fsp3) is 0.200. The van der Waals surface area contributed by atoms with E-state index in [-0.39, 0.29) is 0 Å². The Morgan fingerprint density at radius 3 is 2.56 bits per heavy atom. The number of likely N-dealkylation sites (N-methyl/N-ethyl adjacent to an activating group) is 1. The van der Waals surface area contributed by atoms with Gasteiger partial charge in [-0.25, -0.2) is 4.98 Å². The lowest BCUT2D eigenvalue weighted by molar-refractivity contribution is 0.859. The standard InChI is InChI=1S/C15H15N3/c1-18(10-9-13-5-3-2-4-6-13)15-8-7-14(11-16)12-17-15/h2-8,12H,9-10H2,1H3. The molecule has 18 heavy (non-hydrogen) atoms. The summed E-state index contributed by atoms with van der Waals surface area (Å²) in [4.78, 5) is 6.36. The van der Waals surface area contributed by atoms with Crippen LogP contribution in [0.15, 0.2) is 48.7 Å². The monoisotopic (exact) mass is 237 g/mol. The van der Waals surface area contributed by atoms with Crippen molar-refractivity contribution in [3.05, 3.63) is 59.8 Å².